The molecule has 0 aliphatic carbocycles. The van der Waals surface area contributed by atoms with Gasteiger partial charge in [0.25, 0.3) is 0 Å². The van der Waals surface area contributed by atoms with E-state index < -0.39 is 0 Å². The van der Waals surface area contributed by atoms with E-state index in [1.807, 2.05) is 6.07 Å². The van der Waals surface area contributed by atoms with E-state index in [-0.39, 0.29) is 5.82 Å². The van der Waals surface area contributed by atoms with Crippen molar-refractivity contribution in [1.82, 2.24) is 15.1 Å². The summed E-state index contributed by atoms with van der Waals surface area (Å²) >= 11 is 0. The fourth-order valence-electron chi connectivity index (χ4n) is 2.80. The van der Waals surface area contributed by atoms with Gasteiger partial charge in [-0.1, -0.05) is 6.07 Å². The van der Waals surface area contributed by atoms with Crippen LogP contribution in [0, 0.1) is 17.1 Å². The van der Waals surface area contributed by atoms with E-state index in [0.717, 1.165) is 39.3 Å². The van der Waals surface area contributed by atoms with Crippen LogP contribution < -0.4 is 5.32 Å². The monoisotopic (exact) mass is 274 g/mol. The van der Waals surface area contributed by atoms with Crippen LogP contribution in [0.15, 0.2) is 18.2 Å². The molecule has 2 saturated heterocycles. The third kappa shape index (κ3) is 2.83. The molecule has 2 heterocycles. The molecule has 0 saturated carbocycles. The minimum absolute atomic E-state index is 0.269. The van der Waals surface area contributed by atoms with Crippen molar-refractivity contribution in [1.29, 1.82) is 5.26 Å². The van der Waals surface area contributed by atoms with Crippen molar-refractivity contribution in [2.24, 2.45) is 0 Å². The van der Waals surface area contributed by atoms with E-state index >= 15 is 0 Å². The Morgan fingerprint density at radius 3 is 2.55 bits per heavy atom. The maximum absolute atomic E-state index is 13.9. The first kappa shape index (κ1) is 13.5. The lowest BCUT2D eigenvalue weighted by Gasteiger charge is -2.43. The third-order valence-corrected chi connectivity index (χ3v) is 4.26. The van der Waals surface area contributed by atoms with Gasteiger partial charge in [-0.05, 0) is 12.1 Å². The molecule has 106 valence electrons. The number of hydrogen-bond acceptors (Lipinski definition) is 4. The predicted molar refractivity (Wildman–Crippen MR) is 74.6 cm³/mol. The molecule has 20 heavy (non-hydrogen) atoms. The second kappa shape index (κ2) is 5.88. The number of halogens is 1. The van der Waals surface area contributed by atoms with Crippen LogP contribution in [-0.4, -0.2) is 55.1 Å². The molecule has 2 aliphatic rings. The van der Waals surface area contributed by atoms with Crippen molar-refractivity contribution in [2.45, 2.75) is 12.6 Å². The van der Waals surface area contributed by atoms with Crippen molar-refractivity contribution in [2.75, 3.05) is 39.3 Å². The van der Waals surface area contributed by atoms with Gasteiger partial charge in [0, 0.05) is 57.4 Å². The van der Waals surface area contributed by atoms with Gasteiger partial charge in [0.15, 0.2) is 0 Å². The minimum Gasteiger partial charge on any atom is -0.314 e. The fourth-order valence-corrected chi connectivity index (χ4v) is 2.80. The van der Waals surface area contributed by atoms with Crippen LogP contribution in [0.2, 0.25) is 0 Å². The highest BCUT2D eigenvalue weighted by atomic mass is 19.1. The van der Waals surface area contributed by atoms with Gasteiger partial charge in [-0.15, -0.1) is 0 Å². The van der Waals surface area contributed by atoms with Crippen molar-refractivity contribution >= 4 is 0 Å². The van der Waals surface area contributed by atoms with E-state index in [1.165, 1.54) is 6.07 Å². The quantitative estimate of drug-likeness (QED) is 0.885. The van der Waals surface area contributed by atoms with Crippen molar-refractivity contribution in [3.05, 3.63) is 35.1 Å². The van der Waals surface area contributed by atoms with Gasteiger partial charge in [0.2, 0.25) is 0 Å². The fraction of sp³-hybridized carbons (Fsp3) is 0.533. The highest BCUT2D eigenvalue weighted by Gasteiger charge is 2.27. The molecule has 3 rings (SSSR count). The standard InChI is InChI=1S/C15H19FN4/c16-15-7-12(8-17)1-2-13(15)11-19-3-5-20(6-4-19)14-9-18-10-14/h1-2,7,14,18H,3-6,9-11H2. The Hall–Kier alpha value is -1.48. The van der Waals surface area contributed by atoms with Crippen LogP contribution in [0.3, 0.4) is 0 Å². The summed E-state index contributed by atoms with van der Waals surface area (Å²) in [5.74, 6) is -0.269. The minimum atomic E-state index is -0.269. The van der Waals surface area contributed by atoms with E-state index in [2.05, 4.69) is 15.1 Å². The van der Waals surface area contributed by atoms with Crippen LogP contribution in [0.25, 0.3) is 0 Å². The molecule has 5 heteroatoms. The normalized spacial score (nSPS) is 21.4. The number of nitriles is 1. The first-order valence-corrected chi connectivity index (χ1v) is 7.12. The number of hydrogen-bond donors (Lipinski definition) is 1. The van der Waals surface area contributed by atoms with Crippen molar-refractivity contribution < 1.29 is 4.39 Å². The molecule has 0 bridgehead atoms. The second-order valence-electron chi connectivity index (χ2n) is 5.54. The molecule has 0 atom stereocenters. The number of nitrogens with zero attached hydrogens (tertiary/aromatic N) is 3. The molecule has 2 fully saturated rings. The Morgan fingerprint density at radius 2 is 2.00 bits per heavy atom. The van der Waals surface area contributed by atoms with Crippen LogP contribution in [0.1, 0.15) is 11.1 Å². The zero-order valence-electron chi connectivity index (χ0n) is 11.5. The predicted octanol–water partition coefficient (Wildman–Crippen LogP) is 0.787. The molecule has 0 radical (unpaired) electrons. The Balaban J connectivity index is 1.55. The molecule has 1 aromatic carbocycles. The van der Waals surface area contributed by atoms with Crippen molar-refractivity contribution in [3.8, 4) is 6.07 Å². The molecular weight excluding hydrogens is 255 g/mol. The van der Waals surface area contributed by atoms with Crippen LogP contribution in [0.4, 0.5) is 4.39 Å². The molecule has 4 nitrogen and oxygen atoms in total. The zero-order chi connectivity index (χ0) is 13.9. The smallest absolute Gasteiger partial charge is 0.129 e. The molecular formula is C15H19FN4. The molecule has 0 spiro atoms. The van der Waals surface area contributed by atoms with Crippen molar-refractivity contribution in [3.63, 3.8) is 0 Å². The number of rotatable bonds is 3. The molecule has 0 unspecified atom stereocenters. The number of nitrogens with one attached hydrogen (secondary N) is 1. The second-order valence-corrected chi connectivity index (χ2v) is 5.54. The topological polar surface area (TPSA) is 42.3 Å². The molecule has 0 amide bonds. The lowest BCUT2D eigenvalue weighted by atomic mass is 10.1. The first-order chi connectivity index (χ1) is 9.76. The average Bonchev–Trinajstić information content (AvgIpc) is 2.41. The Labute approximate surface area is 118 Å². The largest absolute Gasteiger partial charge is 0.314 e. The van der Waals surface area contributed by atoms with Crippen LogP contribution in [0.5, 0.6) is 0 Å². The molecule has 2 aliphatic heterocycles. The first-order valence-electron chi connectivity index (χ1n) is 7.12. The third-order valence-electron chi connectivity index (χ3n) is 4.26. The van der Waals surface area contributed by atoms with E-state index in [1.54, 1.807) is 12.1 Å². The van der Waals surface area contributed by atoms with Gasteiger partial charge in [-0.2, -0.15) is 5.26 Å². The maximum atomic E-state index is 13.9. The average molecular weight is 274 g/mol. The van der Waals surface area contributed by atoms with E-state index in [0.29, 0.717) is 23.7 Å². The molecule has 1 aromatic rings. The summed E-state index contributed by atoms with van der Waals surface area (Å²) in [5.41, 5.74) is 1.07. The lowest BCUT2D eigenvalue weighted by Crippen LogP contribution is -2.61. The van der Waals surface area contributed by atoms with Gasteiger partial charge in [-0.3, -0.25) is 9.80 Å². The highest BCUT2D eigenvalue weighted by molar-refractivity contribution is 5.32. The van der Waals surface area contributed by atoms with Gasteiger partial charge < -0.3 is 5.32 Å². The van der Waals surface area contributed by atoms with Gasteiger partial charge in [0.1, 0.15) is 5.82 Å². The van der Waals surface area contributed by atoms with E-state index in [9.17, 15) is 4.39 Å². The summed E-state index contributed by atoms with van der Waals surface area (Å²) in [7, 11) is 0. The number of piperazine rings is 1. The van der Waals surface area contributed by atoms with Crippen LogP contribution >= 0.6 is 0 Å². The summed E-state index contributed by atoms with van der Waals surface area (Å²) in [6, 6.07) is 7.41. The summed E-state index contributed by atoms with van der Waals surface area (Å²) in [6.07, 6.45) is 0. The molecule has 0 aromatic heterocycles. The number of benzene rings is 1. The zero-order valence-corrected chi connectivity index (χ0v) is 11.5. The van der Waals surface area contributed by atoms with Gasteiger partial charge in [0.05, 0.1) is 11.6 Å². The lowest BCUT2D eigenvalue weighted by molar-refractivity contribution is 0.0691. The summed E-state index contributed by atoms with van der Waals surface area (Å²) < 4.78 is 13.9. The summed E-state index contributed by atoms with van der Waals surface area (Å²) in [5, 5.41) is 12.0. The Kier molecular flexibility index (Phi) is 3.97. The Morgan fingerprint density at radius 1 is 1.25 bits per heavy atom. The maximum Gasteiger partial charge on any atom is 0.129 e. The van der Waals surface area contributed by atoms with Gasteiger partial charge >= 0.3 is 0 Å². The Bertz CT molecular complexity index is 513. The highest BCUT2D eigenvalue weighted by Crippen LogP contribution is 2.15. The molecule has 1 N–H and O–H groups in total. The SMILES string of the molecule is N#Cc1ccc(CN2CCN(C3CNC3)CC2)c(F)c1. The van der Waals surface area contributed by atoms with Gasteiger partial charge in [-0.25, -0.2) is 4.39 Å². The summed E-state index contributed by atoms with van der Waals surface area (Å²) in [4.78, 5) is 4.80. The van der Waals surface area contributed by atoms with E-state index in [4.69, 9.17) is 5.26 Å². The van der Waals surface area contributed by atoms with Crippen LogP contribution in [-0.2, 0) is 6.54 Å². The summed E-state index contributed by atoms with van der Waals surface area (Å²) in [6.45, 7) is 6.92.